The number of nitrogens with two attached hydrogens (primary N) is 1. The van der Waals surface area contributed by atoms with Crippen molar-refractivity contribution in [2.75, 3.05) is 12.8 Å². The van der Waals surface area contributed by atoms with E-state index in [-0.39, 0.29) is 6.10 Å². The fourth-order valence-electron chi connectivity index (χ4n) is 1.80. The third-order valence-corrected chi connectivity index (χ3v) is 2.59. The number of rotatable bonds is 5. The molecular weight excluding hydrogens is 230 g/mol. The highest BCUT2D eigenvalue weighted by Gasteiger charge is 2.16. The molecule has 4 heteroatoms. The lowest BCUT2D eigenvalue weighted by molar-refractivity contribution is 0.0300. The molecule has 1 unspecified atom stereocenters. The van der Waals surface area contributed by atoms with Crippen LogP contribution in [0.3, 0.4) is 0 Å². The zero-order valence-electron chi connectivity index (χ0n) is 11.4. The average molecular weight is 251 g/mol. The Kier molecular flexibility index (Phi) is 5.01. The van der Waals surface area contributed by atoms with Gasteiger partial charge < -0.3 is 15.2 Å². The van der Waals surface area contributed by atoms with E-state index in [1.165, 1.54) is 0 Å². The molecule has 0 aliphatic heterocycles. The molecule has 0 aliphatic carbocycles. The van der Waals surface area contributed by atoms with Gasteiger partial charge in [-0.25, -0.2) is 4.79 Å². The smallest absolute Gasteiger partial charge is 0.340 e. The van der Waals surface area contributed by atoms with Gasteiger partial charge in [0.15, 0.2) is 0 Å². The van der Waals surface area contributed by atoms with E-state index in [1.807, 2.05) is 6.92 Å². The summed E-state index contributed by atoms with van der Waals surface area (Å²) in [5, 5.41) is 0. The standard InChI is InChI=1S/C14H21NO3/c1-9(2)7-10(3)18-14(16)12-8-11(17-4)5-6-13(12)15/h5-6,8-10H,7,15H2,1-4H3. The van der Waals surface area contributed by atoms with Gasteiger partial charge in [-0.05, 0) is 37.5 Å². The van der Waals surface area contributed by atoms with Crippen LogP contribution in [0.5, 0.6) is 5.75 Å². The minimum atomic E-state index is -0.403. The van der Waals surface area contributed by atoms with Crippen LogP contribution in [0.4, 0.5) is 5.69 Å². The molecule has 0 saturated carbocycles. The molecule has 0 saturated heterocycles. The van der Waals surface area contributed by atoms with Crippen LogP contribution >= 0.6 is 0 Å². The zero-order chi connectivity index (χ0) is 13.7. The maximum absolute atomic E-state index is 12.0. The van der Waals surface area contributed by atoms with Crippen LogP contribution in [0.2, 0.25) is 0 Å². The molecule has 1 aromatic carbocycles. The second kappa shape index (κ2) is 6.28. The molecule has 0 aromatic heterocycles. The van der Waals surface area contributed by atoms with Crippen molar-refractivity contribution in [3.63, 3.8) is 0 Å². The maximum atomic E-state index is 12.0. The zero-order valence-corrected chi connectivity index (χ0v) is 11.4. The normalized spacial score (nSPS) is 12.3. The van der Waals surface area contributed by atoms with Gasteiger partial charge in [-0.15, -0.1) is 0 Å². The quantitative estimate of drug-likeness (QED) is 0.645. The third kappa shape index (κ3) is 3.95. The SMILES string of the molecule is COc1ccc(N)c(C(=O)OC(C)CC(C)C)c1. The summed E-state index contributed by atoms with van der Waals surface area (Å²) in [4.78, 5) is 12.0. The number of anilines is 1. The van der Waals surface area contributed by atoms with Crippen molar-refractivity contribution < 1.29 is 14.3 Å². The van der Waals surface area contributed by atoms with E-state index in [0.717, 1.165) is 6.42 Å². The lowest BCUT2D eigenvalue weighted by atomic mass is 10.1. The summed E-state index contributed by atoms with van der Waals surface area (Å²) in [6, 6.07) is 4.95. The van der Waals surface area contributed by atoms with Crippen molar-refractivity contribution in [3.05, 3.63) is 23.8 Å². The van der Waals surface area contributed by atoms with E-state index >= 15 is 0 Å². The number of hydrogen-bond donors (Lipinski definition) is 1. The van der Waals surface area contributed by atoms with Gasteiger partial charge in [0.05, 0.1) is 18.8 Å². The lowest BCUT2D eigenvalue weighted by Gasteiger charge is -2.16. The van der Waals surface area contributed by atoms with Crippen molar-refractivity contribution in [2.24, 2.45) is 5.92 Å². The first-order valence-electron chi connectivity index (χ1n) is 6.08. The van der Waals surface area contributed by atoms with Gasteiger partial charge in [0.2, 0.25) is 0 Å². The van der Waals surface area contributed by atoms with Crippen molar-refractivity contribution >= 4 is 11.7 Å². The number of ether oxygens (including phenoxy) is 2. The molecule has 0 spiro atoms. The van der Waals surface area contributed by atoms with E-state index in [9.17, 15) is 4.79 Å². The third-order valence-electron chi connectivity index (χ3n) is 2.59. The summed E-state index contributed by atoms with van der Waals surface area (Å²) in [5.41, 5.74) is 6.52. The molecule has 1 atom stereocenters. The Labute approximate surface area is 108 Å². The topological polar surface area (TPSA) is 61.5 Å². The van der Waals surface area contributed by atoms with Gasteiger partial charge in [-0.2, -0.15) is 0 Å². The van der Waals surface area contributed by atoms with Crippen LogP contribution in [0.1, 0.15) is 37.6 Å². The second-order valence-corrected chi connectivity index (χ2v) is 4.80. The molecule has 18 heavy (non-hydrogen) atoms. The maximum Gasteiger partial charge on any atom is 0.340 e. The molecule has 1 rings (SSSR count). The summed E-state index contributed by atoms with van der Waals surface area (Å²) in [5.74, 6) is 0.669. The predicted molar refractivity (Wildman–Crippen MR) is 71.7 cm³/mol. The lowest BCUT2D eigenvalue weighted by Crippen LogP contribution is -2.18. The highest BCUT2D eigenvalue weighted by Crippen LogP contribution is 2.21. The Balaban J connectivity index is 2.77. The van der Waals surface area contributed by atoms with Crippen LogP contribution in [-0.4, -0.2) is 19.2 Å². The number of methoxy groups -OCH3 is 1. The first kappa shape index (κ1) is 14.4. The summed E-state index contributed by atoms with van der Waals surface area (Å²) < 4.78 is 10.4. The van der Waals surface area contributed by atoms with Crippen molar-refractivity contribution in [1.82, 2.24) is 0 Å². The number of benzene rings is 1. The molecule has 0 radical (unpaired) electrons. The predicted octanol–water partition coefficient (Wildman–Crippen LogP) is 2.87. The highest BCUT2D eigenvalue weighted by atomic mass is 16.5. The van der Waals surface area contributed by atoms with Crippen LogP contribution in [0.25, 0.3) is 0 Å². The molecule has 0 aliphatic rings. The number of esters is 1. The van der Waals surface area contributed by atoms with Crippen LogP contribution < -0.4 is 10.5 Å². The van der Waals surface area contributed by atoms with Crippen LogP contribution in [0, 0.1) is 5.92 Å². The number of hydrogen-bond acceptors (Lipinski definition) is 4. The van der Waals surface area contributed by atoms with Gasteiger partial charge in [-0.1, -0.05) is 13.8 Å². The summed E-state index contributed by atoms with van der Waals surface area (Å²) in [6.07, 6.45) is 0.707. The Morgan fingerprint density at radius 3 is 2.56 bits per heavy atom. The van der Waals surface area contributed by atoms with Crippen molar-refractivity contribution in [3.8, 4) is 5.75 Å². The van der Waals surface area contributed by atoms with E-state index in [4.69, 9.17) is 15.2 Å². The molecule has 0 amide bonds. The Morgan fingerprint density at radius 2 is 2.00 bits per heavy atom. The first-order valence-corrected chi connectivity index (χ1v) is 6.08. The summed E-state index contributed by atoms with van der Waals surface area (Å²) in [6.45, 7) is 6.06. The fourth-order valence-corrected chi connectivity index (χ4v) is 1.80. The highest BCUT2D eigenvalue weighted by molar-refractivity contribution is 5.95. The van der Waals surface area contributed by atoms with E-state index in [0.29, 0.717) is 22.9 Å². The molecule has 0 fully saturated rings. The molecule has 100 valence electrons. The number of carbonyl (C=O) groups excluding carboxylic acids is 1. The molecule has 0 bridgehead atoms. The van der Waals surface area contributed by atoms with Gasteiger partial charge in [0.1, 0.15) is 5.75 Å². The van der Waals surface area contributed by atoms with E-state index in [1.54, 1.807) is 25.3 Å². The first-order chi connectivity index (χ1) is 8.43. The molecule has 1 aromatic rings. The summed E-state index contributed by atoms with van der Waals surface area (Å²) in [7, 11) is 1.54. The van der Waals surface area contributed by atoms with E-state index in [2.05, 4.69) is 13.8 Å². The largest absolute Gasteiger partial charge is 0.497 e. The number of carbonyl (C=O) groups is 1. The Bertz CT molecular complexity index is 416. The minimum Gasteiger partial charge on any atom is -0.497 e. The molecule has 2 N–H and O–H groups in total. The van der Waals surface area contributed by atoms with Crippen LogP contribution in [0.15, 0.2) is 18.2 Å². The van der Waals surface area contributed by atoms with Gasteiger partial charge in [-0.3, -0.25) is 0 Å². The Morgan fingerprint density at radius 1 is 1.33 bits per heavy atom. The van der Waals surface area contributed by atoms with Gasteiger partial charge >= 0.3 is 5.97 Å². The minimum absolute atomic E-state index is 0.122. The van der Waals surface area contributed by atoms with Crippen LogP contribution in [-0.2, 0) is 4.74 Å². The van der Waals surface area contributed by atoms with Gasteiger partial charge in [0.25, 0.3) is 0 Å². The Hall–Kier alpha value is -1.71. The fraction of sp³-hybridized carbons (Fsp3) is 0.500. The van der Waals surface area contributed by atoms with E-state index < -0.39 is 5.97 Å². The molecule has 0 heterocycles. The molecular formula is C14H21NO3. The average Bonchev–Trinajstić information content (AvgIpc) is 2.28. The monoisotopic (exact) mass is 251 g/mol. The van der Waals surface area contributed by atoms with Gasteiger partial charge in [0, 0.05) is 5.69 Å². The summed E-state index contributed by atoms with van der Waals surface area (Å²) >= 11 is 0. The number of nitrogen functional groups attached to an aromatic ring is 1. The van der Waals surface area contributed by atoms with Crippen molar-refractivity contribution in [2.45, 2.75) is 33.3 Å². The second-order valence-electron chi connectivity index (χ2n) is 4.80. The molecule has 4 nitrogen and oxygen atoms in total. The van der Waals surface area contributed by atoms with Crippen molar-refractivity contribution in [1.29, 1.82) is 0 Å².